The van der Waals surface area contributed by atoms with Crippen LogP contribution < -0.4 is 4.90 Å². The smallest absolute Gasteiger partial charge is 0.126 e. The predicted molar refractivity (Wildman–Crippen MR) is 41.0 cm³/mol. The SMILES string of the molecule is CN(C)c1cc[nH]c1[S]. The summed E-state index contributed by atoms with van der Waals surface area (Å²) in [7, 11) is 3.94. The van der Waals surface area contributed by atoms with Crippen molar-refractivity contribution in [1.29, 1.82) is 0 Å². The molecular formula is C6H9N2S. The van der Waals surface area contributed by atoms with Gasteiger partial charge in [0.2, 0.25) is 0 Å². The van der Waals surface area contributed by atoms with E-state index in [0.29, 0.717) is 0 Å². The third-order valence-corrected chi connectivity index (χ3v) is 1.50. The van der Waals surface area contributed by atoms with Crippen LogP contribution in [0, 0.1) is 0 Å². The van der Waals surface area contributed by atoms with E-state index in [4.69, 9.17) is 12.6 Å². The van der Waals surface area contributed by atoms with Crippen LogP contribution in [0.1, 0.15) is 0 Å². The molecule has 1 N–H and O–H groups in total. The van der Waals surface area contributed by atoms with Gasteiger partial charge < -0.3 is 9.88 Å². The van der Waals surface area contributed by atoms with Crippen LogP contribution in [0.4, 0.5) is 5.69 Å². The highest BCUT2D eigenvalue weighted by atomic mass is 32.1. The molecule has 0 fully saturated rings. The van der Waals surface area contributed by atoms with E-state index >= 15 is 0 Å². The van der Waals surface area contributed by atoms with E-state index in [0.717, 1.165) is 10.7 Å². The lowest BCUT2D eigenvalue weighted by Crippen LogP contribution is -2.07. The molecule has 1 radical (unpaired) electrons. The van der Waals surface area contributed by atoms with Crippen molar-refractivity contribution < 1.29 is 0 Å². The Balaban J connectivity index is 2.94. The van der Waals surface area contributed by atoms with Crippen LogP contribution in [0.25, 0.3) is 0 Å². The zero-order valence-corrected chi connectivity index (χ0v) is 6.33. The molecule has 49 valence electrons. The minimum absolute atomic E-state index is 0.806. The highest BCUT2D eigenvalue weighted by molar-refractivity contribution is 7.80. The Morgan fingerprint density at radius 1 is 1.56 bits per heavy atom. The summed E-state index contributed by atoms with van der Waals surface area (Å²) in [6, 6.07) is 1.96. The van der Waals surface area contributed by atoms with Crippen molar-refractivity contribution in [2.45, 2.75) is 5.03 Å². The van der Waals surface area contributed by atoms with Crippen molar-refractivity contribution in [3.05, 3.63) is 12.3 Å². The molecule has 1 aromatic rings. The number of nitrogens with one attached hydrogen (secondary N) is 1. The van der Waals surface area contributed by atoms with Crippen molar-refractivity contribution in [2.75, 3.05) is 19.0 Å². The summed E-state index contributed by atoms with van der Waals surface area (Å²) < 4.78 is 0. The normalized spacial score (nSPS) is 9.56. The number of aromatic amines is 1. The molecule has 9 heavy (non-hydrogen) atoms. The third kappa shape index (κ3) is 1.16. The highest BCUT2D eigenvalue weighted by Gasteiger charge is 1.99. The van der Waals surface area contributed by atoms with Crippen LogP contribution in [-0.4, -0.2) is 19.1 Å². The summed E-state index contributed by atoms with van der Waals surface area (Å²) in [5.74, 6) is 0. The molecule has 0 saturated heterocycles. The van der Waals surface area contributed by atoms with E-state index in [2.05, 4.69) is 4.98 Å². The van der Waals surface area contributed by atoms with Gasteiger partial charge in [-0.05, 0) is 6.07 Å². The predicted octanol–water partition coefficient (Wildman–Crippen LogP) is 1.64. The molecule has 1 rings (SSSR count). The lowest BCUT2D eigenvalue weighted by atomic mass is 10.5. The molecule has 0 bridgehead atoms. The lowest BCUT2D eigenvalue weighted by molar-refractivity contribution is 1.08. The van der Waals surface area contributed by atoms with E-state index in [1.54, 1.807) is 0 Å². The summed E-state index contributed by atoms with van der Waals surface area (Å²) in [6.07, 6.45) is 1.84. The molecule has 0 aliphatic rings. The molecule has 1 heterocycles. The van der Waals surface area contributed by atoms with Gasteiger partial charge in [0.25, 0.3) is 0 Å². The van der Waals surface area contributed by atoms with E-state index < -0.39 is 0 Å². The topological polar surface area (TPSA) is 19.0 Å². The van der Waals surface area contributed by atoms with Crippen LogP contribution in [0.15, 0.2) is 17.3 Å². The van der Waals surface area contributed by atoms with Crippen LogP contribution in [0.5, 0.6) is 0 Å². The van der Waals surface area contributed by atoms with Gasteiger partial charge in [-0.3, -0.25) is 0 Å². The molecule has 3 heteroatoms. The van der Waals surface area contributed by atoms with Crippen molar-refractivity contribution in [2.24, 2.45) is 0 Å². The Hall–Kier alpha value is -0.700. The maximum absolute atomic E-state index is 4.96. The van der Waals surface area contributed by atoms with E-state index in [1.807, 2.05) is 31.3 Å². The van der Waals surface area contributed by atoms with Crippen molar-refractivity contribution in [3.63, 3.8) is 0 Å². The van der Waals surface area contributed by atoms with E-state index in [9.17, 15) is 0 Å². The summed E-state index contributed by atoms with van der Waals surface area (Å²) >= 11 is 4.96. The van der Waals surface area contributed by atoms with Gasteiger partial charge >= 0.3 is 0 Å². The number of hydrogen-bond donors (Lipinski definition) is 1. The summed E-state index contributed by atoms with van der Waals surface area (Å²) in [5, 5.41) is 0.806. The highest BCUT2D eigenvalue weighted by Crippen LogP contribution is 2.18. The fourth-order valence-electron chi connectivity index (χ4n) is 0.698. The maximum Gasteiger partial charge on any atom is 0.126 e. The molecule has 1 aromatic heterocycles. The van der Waals surface area contributed by atoms with Crippen LogP contribution in [-0.2, 0) is 0 Å². The molecule has 0 unspecified atom stereocenters. The average molecular weight is 141 g/mol. The fraction of sp³-hybridized carbons (Fsp3) is 0.333. The Morgan fingerprint density at radius 2 is 2.22 bits per heavy atom. The van der Waals surface area contributed by atoms with E-state index in [-0.39, 0.29) is 0 Å². The standard InChI is InChI=1S/C6H9N2S/c1-8(2)5-3-4-7-6(5)9/h3-4,7H,1-2H3. The Labute approximate surface area is 60.3 Å². The quantitative estimate of drug-likeness (QED) is 0.630. The van der Waals surface area contributed by atoms with Gasteiger partial charge in [-0.15, -0.1) is 0 Å². The van der Waals surface area contributed by atoms with Gasteiger partial charge in [-0.25, -0.2) is 0 Å². The minimum atomic E-state index is 0.806. The number of anilines is 1. The first-order chi connectivity index (χ1) is 4.22. The van der Waals surface area contributed by atoms with E-state index in [1.165, 1.54) is 0 Å². The monoisotopic (exact) mass is 141 g/mol. The van der Waals surface area contributed by atoms with Gasteiger partial charge in [0.05, 0.1) is 5.69 Å². The number of H-pyrrole nitrogens is 1. The largest absolute Gasteiger partial charge is 0.375 e. The van der Waals surface area contributed by atoms with Gasteiger partial charge in [-0.1, -0.05) is 12.6 Å². The molecule has 0 saturated carbocycles. The van der Waals surface area contributed by atoms with Crippen LogP contribution in [0.3, 0.4) is 0 Å². The zero-order chi connectivity index (χ0) is 6.85. The van der Waals surface area contributed by atoms with Crippen molar-refractivity contribution >= 4 is 18.3 Å². The molecule has 0 aliphatic heterocycles. The summed E-state index contributed by atoms with van der Waals surface area (Å²) in [6.45, 7) is 0. The van der Waals surface area contributed by atoms with Crippen molar-refractivity contribution in [1.82, 2.24) is 4.98 Å². The molecular weight excluding hydrogens is 132 g/mol. The average Bonchev–Trinajstić information content (AvgIpc) is 2.13. The first-order valence-corrected chi connectivity index (χ1v) is 3.14. The van der Waals surface area contributed by atoms with Crippen LogP contribution >= 0.6 is 12.6 Å². The summed E-state index contributed by atoms with van der Waals surface area (Å²) in [4.78, 5) is 4.91. The van der Waals surface area contributed by atoms with Gasteiger partial charge in [-0.2, -0.15) is 0 Å². The Bertz CT molecular complexity index is 193. The van der Waals surface area contributed by atoms with Gasteiger partial charge in [0.1, 0.15) is 5.03 Å². The first kappa shape index (κ1) is 6.42. The fourth-order valence-corrected chi connectivity index (χ4v) is 1.02. The first-order valence-electron chi connectivity index (χ1n) is 2.73. The zero-order valence-electron chi connectivity index (χ0n) is 5.51. The Kier molecular flexibility index (Phi) is 1.62. The maximum atomic E-state index is 4.96. The second-order valence-electron chi connectivity index (χ2n) is 2.09. The van der Waals surface area contributed by atoms with Gasteiger partial charge in [0.15, 0.2) is 0 Å². The molecule has 2 nitrogen and oxygen atoms in total. The third-order valence-electron chi connectivity index (χ3n) is 1.17. The second-order valence-corrected chi connectivity index (χ2v) is 2.49. The second kappa shape index (κ2) is 2.27. The van der Waals surface area contributed by atoms with Gasteiger partial charge in [0, 0.05) is 20.3 Å². The van der Waals surface area contributed by atoms with Crippen LogP contribution in [0.2, 0.25) is 0 Å². The van der Waals surface area contributed by atoms with Crippen molar-refractivity contribution in [3.8, 4) is 0 Å². The molecule has 0 atom stereocenters. The lowest BCUT2D eigenvalue weighted by Gasteiger charge is -2.08. The number of rotatable bonds is 1. The summed E-state index contributed by atoms with van der Waals surface area (Å²) in [5.41, 5.74) is 1.07. The number of nitrogens with zero attached hydrogens (tertiary/aromatic N) is 1. The molecule has 0 aliphatic carbocycles. The number of aromatic nitrogens is 1. The minimum Gasteiger partial charge on any atom is -0.375 e. The Morgan fingerprint density at radius 3 is 2.44 bits per heavy atom. The molecule has 0 amide bonds. The molecule has 0 aromatic carbocycles. The molecule has 0 spiro atoms. The number of hydrogen-bond acceptors (Lipinski definition) is 1.